The first-order valence-electron chi connectivity index (χ1n) is 6.24. The van der Waals surface area contributed by atoms with Crippen LogP contribution in [0.15, 0.2) is 53.6 Å². The fourth-order valence-corrected chi connectivity index (χ4v) is 1.65. The van der Waals surface area contributed by atoms with E-state index in [0.29, 0.717) is 16.3 Å². The molecule has 0 saturated carbocycles. The lowest BCUT2D eigenvalue weighted by atomic mass is 10.2. The third-order valence-corrected chi connectivity index (χ3v) is 2.87. The van der Waals surface area contributed by atoms with Gasteiger partial charge in [0.2, 0.25) is 0 Å². The number of carbonyl (C=O) groups is 2. The van der Waals surface area contributed by atoms with E-state index in [-0.39, 0.29) is 5.75 Å². The summed E-state index contributed by atoms with van der Waals surface area (Å²) < 4.78 is 0. The Bertz CT molecular complexity index is 714. The fraction of sp³-hybridized carbons (Fsp3) is 0. The molecule has 0 radical (unpaired) electrons. The molecule has 0 bridgehead atoms. The summed E-state index contributed by atoms with van der Waals surface area (Å²) in [4.78, 5) is 23.2. The van der Waals surface area contributed by atoms with Crippen LogP contribution in [-0.4, -0.2) is 23.1 Å². The van der Waals surface area contributed by atoms with E-state index < -0.39 is 11.8 Å². The Hall–Kier alpha value is -2.86. The molecule has 0 atom stereocenters. The largest absolute Gasteiger partial charge is 0.507 e. The predicted octanol–water partition coefficient (Wildman–Crippen LogP) is 2.13. The van der Waals surface area contributed by atoms with Gasteiger partial charge in [-0.15, -0.1) is 0 Å². The molecule has 2 rings (SSSR count). The molecule has 0 aromatic heterocycles. The maximum Gasteiger partial charge on any atom is 0.329 e. The van der Waals surface area contributed by atoms with Crippen molar-refractivity contribution >= 4 is 35.3 Å². The summed E-state index contributed by atoms with van der Waals surface area (Å²) in [6, 6.07) is 12.8. The number of nitrogens with zero attached hydrogens (tertiary/aromatic N) is 1. The summed E-state index contributed by atoms with van der Waals surface area (Å²) in [5, 5.41) is 16.0. The van der Waals surface area contributed by atoms with Crippen LogP contribution in [0.3, 0.4) is 0 Å². The minimum atomic E-state index is -0.929. The molecule has 6 nitrogen and oxygen atoms in total. The smallest absolute Gasteiger partial charge is 0.329 e. The maximum absolute atomic E-state index is 11.6. The van der Waals surface area contributed by atoms with E-state index in [4.69, 9.17) is 11.6 Å². The zero-order chi connectivity index (χ0) is 15.9. The fourth-order valence-electron chi connectivity index (χ4n) is 1.53. The Morgan fingerprint density at radius 3 is 2.41 bits per heavy atom. The lowest BCUT2D eigenvalue weighted by molar-refractivity contribution is -0.136. The van der Waals surface area contributed by atoms with Crippen molar-refractivity contribution in [2.24, 2.45) is 5.10 Å². The maximum atomic E-state index is 11.6. The normalized spacial score (nSPS) is 10.4. The zero-order valence-corrected chi connectivity index (χ0v) is 12.0. The summed E-state index contributed by atoms with van der Waals surface area (Å²) in [5.74, 6) is -1.77. The van der Waals surface area contributed by atoms with Crippen molar-refractivity contribution in [1.29, 1.82) is 0 Å². The van der Waals surface area contributed by atoms with Crippen molar-refractivity contribution in [1.82, 2.24) is 5.43 Å². The molecule has 0 aliphatic carbocycles. The first-order chi connectivity index (χ1) is 10.6. The Morgan fingerprint density at radius 1 is 1.05 bits per heavy atom. The monoisotopic (exact) mass is 317 g/mol. The van der Waals surface area contributed by atoms with Gasteiger partial charge in [0.15, 0.2) is 0 Å². The standard InChI is InChI=1S/C15H12ClN3O3/c16-11-5-7-12(8-6-11)18-14(21)15(22)19-17-9-10-3-1-2-4-13(10)20/h1-9,20H,(H,18,21)(H,19,22)/b17-9+. The van der Waals surface area contributed by atoms with Crippen LogP contribution in [0, 0.1) is 0 Å². The van der Waals surface area contributed by atoms with Gasteiger partial charge in [0.1, 0.15) is 5.75 Å². The van der Waals surface area contributed by atoms with Crippen LogP contribution in [0.5, 0.6) is 5.75 Å². The van der Waals surface area contributed by atoms with Crippen LogP contribution in [0.25, 0.3) is 0 Å². The molecule has 0 heterocycles. The first-order valence-corrected chi connectivity index (χ1v) is 6.62. The molecule has 3 N–H and O–H groups in total. The van der Waals surface area contributed by atoms with Crippen LogP contribution in [0.2, 0.25) is 5.02 Å². The van der Waals surface area contributed by atoms with Gasteiger partial charge < -0.3 is 10.4 Å². The highest BCUT2D eigenvalue weighted by Gasteiger charge is 2.12. The van der Waals surface area contributed by atoms with E-state index in [2.05, 4.69) is 15.8 Å². The summed E-state index contributed by atoms with van der Waals surface area (Å²) in [5.41, 5.74) is 2.93. The second-order valence-corrected chi connectivity index (χ2v) is 4.66. The number of hydrogen-bond donors (Lipinski definition) is 3. The van der Waals surface area contributed by atoms with E-state index in [0.717, 1.165) is 0 Å². The summed E-state index contributed by atoms with van der Waals surface area (Å²) >= 11 is 5.72. The van der Waals surface area contributed by atoms with E-state index >= 15 is 0 Å². The average molecular weight is 318 g/mol. The highest BCUT2D eigenvalue weighted by Crippen LogP contribution is 2.13. The minimum absolute atomic E-state index is 0.0196. The van der Waals surface area contributed by atoms with Gasteiger partial charge in [-0.1, -0.05) is 23.7 Å². The van der Waals surface area contributed by atoms with Gasteiger partial charge in [0.05, 0.1) is 6.21 Å². The molecule has 2 aromatic rings. The number of hydrazone groups is 1. The zero-order valence-electron chi connectivity index (χ0n) is 11.3. The lowest BCUT2D eigenvalue weighted by Gasteiger charge is -2.03. The molecule has 0 aliphatic heterocycles. The summed E-state index contributed by atoms with van der Waals surface area (Å²) in [7, 11) is 0. The van der Waals surface area contributed by atoms with Gasteiger partial charge >= 0.3 is 11.8 Å². The van der Waals surface area contributed by atoms with Crippen LogP contribution in [0.4, 0.5) is 5.69 Å². The molecule has 0 unspecified atom stereocenters. The molecule has 112 valence electrons. The SMILES string of the molecule is O=C(N/N=C/c1ccccc1O)C(=O)Nc1ccc(Cl)cc1. The van der Waals surface area contributed by atoms with Crippen LogP contribution >= 0.6 is 11.6 Å². The molecular formula is C15H12ClN3O3. The van der Waals surface area contributed by atoms with Gasteiger partial charge in [0, 0.05) is 16.3 Å². The number of carbonyl (C=O) groups excluding carboxylic acids is 2. The van der Waals surface area contributed by atoms with Crippen molar-refractivity contribution in [3.05, 3.63) is 59.1 Å². The number of para-hydroxylation sites is 1. The van der Waals surface area contributed by atoms with Crippen LogP contribution < -0.4 is 10.7 Å². The van der Waals surface area contributed by atoms with Gasteiger partial charge in [-0.05, 0) is 36.4 Å². The Balaban J connectivity index is 1.90. The second kappa shape index (κ2) is 7.24. The summed E-state index contributed by atoms with van der Waals surface area (Å²) in [6.07, 6.45) is 1.24. The Morgan fingerprint density at radius 2 is 1.73 bits per heavy atom. The molecule has 0 saturated heterocycles. The molecule has 7 heteroatoms. The Kier molecular flexibility index (Phi) is 5.11. The topological polar surface area (TPSA) is 90.8 Å². The number of hydrogen-bond acceptors (Lipinski definition) is 4. The average Bonchev–Trinajstić information content (AvgIpc) is 2.51. The molecule has 22 heavy (non-hydrogen) atoms. The molecule has 0 aliphatic rings. The van der Waals surface area contributed by atoms with Crippen LogP contribution in [0.1, 0.15) is 5.56 Å². The number of nitrogens with one attached hydrogen (secondary N) is 2. The molecule has 2 amide bonds. The molecular weight excluding hydrogens is 306 g/mol. The van der Waals surface area contributed by atoms with Gasteiger partial charge in [-0.25, -0.2) is 5.43 Å². The number of phenolic OH excluding ortho intramolecular Hbond substituents is 1. The highest BCUT2D eigenvalue weighted by molar-refractivity contribution is 6.39. The van der Waals surface area contributed by atoms with E-state index in [1.54, 1.807) is 42.5 Å². The highest BCUT2D eigenvalue weighted by atomic mass is 35.5. The van der Waals surface area contributed by atoms with Crippen molar-refractivity contribution in [2.45, 2.75) is 0 Å². The van der Waals surface area contributed by atoms with Gasteiger partial charge in [-0.2, -0.15) is 5.10 Å². The third-order valence-electron chi connectivity index (χ3n) is 2.61. The van der Waals surface area contributed by atoms with E-state index in [1.807, 2.05) is 0 Å². The van der Waals surface area contributed by atoms with Crippen molar-refractivity contribution in [3.63, 3.8) is 0 Å². The number of halogens is 1. The van der Waals surface area contributed by atoms with Gasteiger partial charge in [0.25, 0.3) is 0 Å². The lowest BCUT2D eigenvalue weighted by Crippen LogP contribution is -2.32. The van der Waals surface area contributed by atoms with Gasteiger partial charge in [-0.3, -0.25) is 9.59 Å². The van der Waals surface area contributed by atoms with E-state index in [1.165, 1.54) is 12.3 Å². The number of aromatic hydroxyl groups is 1. The van der Waals surface area contributed by atoms with Crippen molar-refractivity contribution in [2.75, 3.05) is 5.32 Å². The third kappa shape index (κ3) is 4.32. The van der Waals surface area contributed by atoms with Crippen LogP contribution in [-0.2, 0) is 9.59 Å². The predicted molar refractivity (Wildman–Crippen MR) is 83.9 cm³/mol. The number of anilines is 1. The molecule has 0 fully saturated rings. The quantitative estimate of drug-likeness (QED) is 0.460. The second-order valence-electron chi connectivity index (χ2n) is 4.22. The number of benzene rings is 2. The van der Waals surface area contributed by atoms with Crippen molar-refractivity contribution in [3.8, 4) is 5.75 Å². The minimum Gasteiger partial charge on any atom is -0.507 e. The number of amides is 2. The van der Waals surface area contributed by atoms with Crippen molar-refractivity contribution < 1.29 is 14.7 Å². The number of rotatable bonds is 3. The van der Waals surface area contributed by atoms with E-state index in [9.17, 15) is 14.7 Å². The summed E-state index contributed by atoms with van der Waals surface area (Å²) in [6.45, 7) is 0. The first kappa shape index (κ1) is 15.5. The Labute approximate surface area is 131 Å². The molecule has 2 aromatic carbocycles. The molecule has 0 spiro atoms. The number of phenols is 1.